The molecule has 1 amide bonds. The number of hydrogen-bond donors (Lipinski definition) is 2. The van der Waals surface area contributed by atoms with E-state index in [0.29, 0.717) is 19.6 Å². The van der Waals surface area contributed by atoms with Gasteiger partial charge in [-0.2, -0.15) is 9.42 Å². The number of carbonyl (C=O) groups is 3. The van der Waals surface area contributed by atoms with Crippen LogP contribution in [0, 0.1) is 10.8 Å². The van der Waals surface area contributed by atoms with Gasteiger partial charge in [-0.25, -0.2) is 0 Å². The summed E-state index contributed by atoms with van der Waals surface area (Å²) in [6.45, 7) is 11.2. The maximum Gasteiger partial charge on any atom is 0.576 e. The first-order valence-electron chi connectivity index (χ1n) is 10.6. The third kappa shape index (κ3) is 10.1. The zero-order valence-corrected chi connectivity index (χ0v) is 20.7. The Labute approximate surface area is 190 Å². The van der Waals surface area contributed by atoms with Crippen molar-refractivity contribution in [3.63, 3.8) is 0 Å². The summed E-state index contributed by atoms with van der Waals surface area (Å²) in [6.07, 6.45) is -0.512. The van der Waals surface area contributed by atoms with E-state index in [1.165, 1.54) is 0 Å². The summed E-state index contributed by atoms with van der Waals surface area (Å²) >= 11 is 0. The molecule has 0 bridgehead atoms. The lowest BCUT2D eigenvalue weighted by molar-refractivity contribution is -0.165. The Hall–Kier alpha value is -1.36. The zero-order chi connectivity index (χ0) is 24.4. The molecular formula is C20H37NO10P+. The standard InChI is InChI=1S/C20H36NO10P/c1-7-26-11-8-12-27-15(22)9-10-21-17(23)16-20(5,6)13-29-32(25,31-16)30-14-28-18(24)19(2,3)4/h16,25H,7-14H2,1-6H3/p+1/t16-,32?/m0/s1. The Morgan fingerprint density at radius 1 is 1.19 bits per heavy atom. The van der Waals surface area contributed by atoms with Crippen molar-refractivity contribution in [2.24, 2.45) is 10.8 Å². The average Bonchev–Trinajstić information content (AvgIpc) is 2.69. The summed E-state index contributed by atoms with van der Waals surface area (Å²) in [4.78, 5) is 46.7. The van der Waals surface area contributed by atoms with Gasteiger partial charge in [0.25, 0.3) is 5.91 Å². The molecule has 0 spiro atoms. The van der Waals surface area contributed by atoms with Crippen molar-refractivity contribution in [3.8, 4) is 0 Å². The van der Waals surface area contributed by atoms with Crippen molar-refractivity contribution < 1.29 is 47.1 Å². The van der Waals surface area contributed by atoms with Gasteiger partial charge < -0.3 is 19.5 Å². The Balaban J connectivity index is 2.48. The fourth-order valence-electron chi connectivity index (χ4n) is 2.41. The van der Waals surface area contributed by atoms with E-state index in [9.17, 15) is 19.3 Å². The molecule has 1 fully saturated rings. The van der Waals surface area contributed by atoms with Crippen molar-refractivity contribution >= 4 is 26.0 Å². The Morgan fingerprint density at radius 2 is 1.88 bits per heavy atom. The van der Waals surface area contributed by atoms with E-state index in [4.69, 9.17) is 27.8 Å². The fourth-order valence-corrected chi connectivity index (χ4v) is 3.93. The van der Waals surface area contributed by atoms with Gasteiger partial charge in [-0.3, -0.25) is 14.4 Å². The molecule has 11 nitrogen and oxygen atoms in total. The molecule has 0 radical (unpaired) electrons. The second-order valence-corrected chi connectivity index (χ2v) is 10.6. The van der Waals surface area contributed by atoms with Gasteiger partial charge in [-0.1, -0.05) is 13.8 Å². The molecule has 12 heteroatoms. The highest BCUT2D eigenvalue weighted by molar-refractivity contribution is 7.55. The predicted octanol–water partition coefficient (Wildman–Crippen LogP) is 2.14. The topological polar surface area (TPSA) is 139 Å². The fraction of sp³-hybridized carbons (Fsp3) is 0.850. The third-order valence-corrected chi connectivity index (χ3v) is 5.70. The molecule has 186 valence electrons. The van der Waals surface area contributed by atoms with Crippen molar-refractivity contribution in [1.82, 2.24) is 5.32 Å². The van der Waals surface area contributed by atoms with E-state index >= 15 is 0 Å². The summed E-state index contributed by atoms with van der Waals surface area (Å²) < 4.78 is 31.1. The molecule has 0 aliphatic carbocycles. The third-order valence-electron chi connectivity index (χ3n) is 4.33. The lowest BCUT2D eigenvalue weighted by Crippen LogP contribution is -2.50. The number of nitrogens with one attached hydrogen (secondary N) is 1. The summed E-state index contributed by atoms with van der Waals surface area (Å²) in [5, 5.41) is 2.60. The lowest BCUT2D eigenvalue weighted by atomic mass is 9.87. The van der Waals surface area contributed by atoms with Gasteiger partial charge in [0.05, 0.1) is 18.4 Å². The van der Waals surface area contributed by atoms with Gasteiger partial charge in [0.1, 0.15) is 6.61 Å². The largest absolute Gasteiger partial charge is 0.576 e. The maximum atomic E-state index is 12.6. The van der Waals surface area contributed by atoms with Gasteiger partial charge >= 0.3 is 20.1 Å². The van der Waals surface area contributed by atoms with Crippen LogP contribution in [0.1, 0.15) is 54.4 Å². The van der Waals surface area contributed by atoms with Gasteiger partial charge in [0.2, 0.25) is 6.79 Å². The van der Waals surface area contributed by atoms with E-state index in [0.717, 1.165) is 0 Å². The van der Waals surface area contributed by atoms with E-state index in [1.807, 2.05) is 6.92 Å². The van der Waals surface area contributed by atoms with Crippen LogP contribution in [0.4, 0.5) is 0 Å². The van der Waals surface area contributed by atoms with Crippen LogP contribution < -0.4 is 5.32 Å². The molecule has 1 aliphatic rings. The van der Waals surface area contributed by atoms with Crippen LogP contribution in [0.2, 0.25) is 0 Å². The van der Waals surface area contributed by atoms with Gasteiger partial charge in [-0.05, 0) is 27.7 Å². The van der Waals surface area contributed by atoms with Crippen molar-refractivity contribution in [2.75, 3.05) is 39.8 Å². The second-order valence-electron chi connectivity index (χ2n) is 8.96. The number of amides is 1. The molecular weight excluding hydrogens is 445 g/mol. The quantitative estimate of drug-likeness (QED) is 0.184. The minimum Gasteiger partial charge on any atom is -0.466 e. The first-order valence-corrected chi connectivity index (χ1v) is 12.1. The highest BCUT2D eigenvalue weighted by Crippen LogP contribution is 2.63. The molecule has 2 N–H and O–H groups in total. The Morgan fingerprint density at radius 3 is 2.50 bits per heavy atom. The molecule has 0 aromatic heterocycles. The molecule has 1 rings (SSSR count). The van der Waals surface area contributed by atoms with E-state index in [2.05, 4.69) is 5.32 Å². The molecule has 0 aromatic carbocycles. The molecule has 0 aromatic rings. The van der Waals surface area contributed by atoms with Crippen LogP contribution in [-0.4, -0.2) is 68.6 Å². The minimum atomic E-state index is -3.88. The average molecular weight is 482 g/mol. The number of rotatable bonds is 12. The van der Waals surface area contributed by atoms with Crippen molar-refractivity contribution in [1.29, 1.82) is 0 Å². The number of esters is 2. The molecule has 1 aliphatic heterocycles. The highest BCUT2D eigenvalue weighted by atomic mass is 31.2. The van der Waals surface area contributed by atoms with Crippen molar-refractivity contribution in [2.45, 2.75) is 60.5 Å². The Kier molecular flexibility index (Phi) is 11.4. The first-order chi connectivity index (χ1) is 14.8. The van der Waals surface area contributed by atoms with E-state index < -0.39 is 49.7 Å². The van der Waals surface area contributed by atoms with E-state index in [-0.39, 0.29) is 26.2 Å². The Bertz CT molecular complexity index is 636. The van der Waals surface area contributed by atoms with Crippen LogP contribution in [0.15, 0.2) is 0 Å². The maximum absolute atomic E-state index is 12.6. The van der Waals surface area contributed by atoms with Gasteiger partial charge in [0.15, 0.2) is 6.10 Å². The van der Waals surface area contributed by atoms with Gasteiger partial charge in [0, 0.05) is 31.6 Å². The molecule has 1 saturated heterocycles. The zero-order valence-electron chi connectivity index (χ0n) is 19.8. The lowest BCUT2D eigenvalue weighted by Gasteiger charge is -2.36. The number of carbonyl (C=O) groups excluding carboxylic acids is 3. The van der Waals surface area contributed by atoms with Crippen LogP contribution in [0.3, 0.4) is 0 Å². The summed E-state index contributed by atoms with van der Waals surface area (Å²) in [6, 6.07) is 0. The summed E-state index contributed by atoms with van der Waals surface area (Å²) in [5.41, 5.74) is -1.52. The summed E-state index contributed by atoms with van der Waals surface area (Å²) in [5.74, 6) is -1.50. The molecule has 0 saturated carbocycles. The minimum absolute atomic E-state index is 0.0112. The normalized spacial score (nSPS) is 22.8. The van der Waals surface area contributed by atoms with Gasteiger partial charge in [-0.15, -0.1) is 9.05 Å². The monoisotopic (exact) mass is 482 g/mol. The summed E-state index contributed by atoms with van der Waals surface area (Å²) in [7, 11) is -3.88. The number of hydrogen-bond acceptors (Lipinski definition) is 10. The second kappa shape index (κ2) is 12.8. The van der Waals surface area contributed by atoms with E-state index in [1.54, 1.807) is 34.6 Å². The smallest absolute Gasteiger partial charge is 0.466 e. The first kappa shape index (κ1) is 28.7. The molecule has 1 unspecified atom stereocenters. The van der Waals surface area contributed by atoms with Crippen molar-refractivity contribution in [3.05, 3.63) is 0 Å². The predicted molar refractivity (Wildman–Crippen MR) is 115 cm³/mol. The molecule has 32 heavy (non-hydrogen) atoms. The molecule has 1 heterocycles. The highest BCUT2D eigenvalue weighted by Gasteiger charge is 2.59. The number of ether oxygens (including phenoxy) is 3. The van der Waals surface area contributed by atoms with Crippen LogP contribution >= 0.6 is 8.17 Å². The molecule has 2 atom stereocenters. The van der Waals surface area contributed by atoms with Crippen LogP contribution in [0.5, 0.6) is 0 Å². The SMILES string of the molecule is CCOCCCOC(=O)CCNC(=O)[C@@H]1O[P+](O)(OCOC(=O)C(C)(C)C)OCC1(C)C. The van der Waals surface area contributed by atoms with Crippen LogP contribution in [0.25, 0.3) is 0 Å². The van der Waals surface area contributed by atoms with Crippen LogP contribution in [-0.2, 0) is 42.2 Å².